The van der Waals surface area contributed by atoms with Crippen LogP contribution < -0.4 is 9.47 Å². The number of piperazine rings is 1. The van der Waals surface area contributed by atoms with E-state index in [1.54, 1.807) is 25.3 Å². The molecule has 9 nitrogen and oxygen atoms in total. The second kappa shape index (κ2) is 11.5. The summed E-state index contributed by atoms with van der Waals surface area (Å²) in [5.41, 5.74) is 1.09. The van der Waals surface area contributed by atoms with Crippen molar-refractivity contribution in [1.29, 1.82) is 0 Å². The maximum Gasteiger partial charge on any atom is 0.243 e. The summed E-state index contributed by atoms with van der Waals surface area (Å²) < 4.78 is 44.4. The molecule has 3 aliphatic rings. The zero-order valence-corrected chi connectivity index (χ0v) is 20.7. The first kappa shape index (κ1) is 25.0. The van der Waals surface area contributed by atoms with Gasteiger partial charge in [-0.2, -0.15) is 4.31 Å². The first-order valence-corrected chi connectivity index (χ1v) is 13.5. The number of nitrogens with zero attached hydrogens (tertiary/aromatic N) is 3. The molecule has 1 saturated heterocycles. The van der Waals surface area contributed by atoms with Gasteiger partial charge < -0.3 is 19.1 Å². The molecular weight excluding hydrogens is 458 g/mol. The molecule has 10 heteroatoms. The van der Waals surface area contributed by atoms with Crippen LogP contribution in [-0.4, -0.2) is 94.6 Å². The average Bonchev–Trinajstić information content (AvgIpc) is 3.10. The maximum absolute atomic E-state index is 13.2. The molecule has 0 bridgehead atoms. The molecule has 0 N–H and O–H groups in total. The molecule has 1 aliphatic carbocycles. The van der Waals surface area contributed by atoms with E-state index in [0.717, 1.165) is 37.8 Å². The Balaban J connectivity index is 1.36. The van der Waals surface area contributed by atoms with Crippen LogP contribution in [0.15, 0.2) is 34.9 Å². The van der Waals surface area contributed by atoms with Crippen molar-refractivity contribution in [2.45, 2.75) is 37.0 Å². The van der Waals surface area contributed by atoms with Gasteiger partial charge in [-0.25, -0.2) is 8.42 Å². The molecule has 34 heavy (non-hydrogen) atoms. The maximum atomic E-state index is 13.2. The van der Waals surface area contributed by atoms with E-state index in [0.29, 0.717) is 64.0 Å². The number of benzene rings is 1. The average molecular weight is 494 g/mol. The molecule has 4 rings (SSSR count). The number of ether oxygens (including phenoxy) is 3. The van der Waals surface area contributed by atoms with E-state index in [1.165, 1.54) is 4.31 Å². The largest absolute Gasteiger partial charge is 0.490 e. The van der Waals surface area contributed by atoms with E-state index in [-0.39, 0.29) is 17.3 Å². The van der Waals surface area contributed by atoms with Gasteiger partial charge in [0, 0.05) is 58.0 Å². The van der Waals surface area contributed by atoms with Gasteiger partial charge in [-0.05, 0) is 37.8 Å². The van der Waals surface area contributed by atoms with Crippen LogP contribution in [0.2, 0.25) is 0 Å². The Labute approximate surface area is 202 Å². The molecule has 188 valence electrons. The van der Waals surface area contributed by atoms with Gasteiger partial charge in [-0.3, -0.25) is 9.69 Å². The summed E-state index contributed by atoms with van der Waals surface area (Å²) in [6.07, 6.45) is 7.10. The van der Waals surface area contributed by atoms with Gasteiger partial charge in [-0.15, -0.1) is 0 Å². The van der Waals surface area contributed by atoms with E-state index in [1.807, 2.05) is 9.80 Å². The van der Waals surface area contributed by atoms with Crippen LogP contribution in [0.25, 0.3) is 0 Å². The number of amides is 1. The van der Waals surface area contributed by atoms with E-state index in [4.69, 9.17) is 14.2 Å². The van der Waals surface area contributed by atoms with Crippen LogP contribution in [0.5, 0.6) is 11.5 Å². The zero-order valence-electron chi connectivity index (χ0n) is 19.9. The summed E-state index contributed by atoms with van der Waals surface area (Å²) in [5, 5.41) is 0. The van der Waals surface area contributed by atoms with Crippen molar-refractivity contribution >= 4 is 15.9 Å². The van der Waals surface area contributed by atoms with Gasteiger partial charge in [-0.1, -0.05) is 6.08 Å². The Kier molecular flexibility index (Phi) is 8.46. The Morgan fingerprint density at radius 3 is 2.53 bits per heavy atom. The van der Waals surface area contributed by atoms with E-state index < -0.39 is 10.0 Å². The predicted octanol–water partition coefficient (Wildman–Crippen LogP) is 2.09. The van der Waals surface area contributed by atoms with Crippen LogP contribution in [0.4, 0.5) is 0 Å². The highest BCUT2D eigenvalue weighted by Gasteiger charge is 2.31. The van der Waals surface area contributed by atoms with Crippen molar-refractivity contribution in [1.82, 2.24) is 14.1 Å². The van der Waals surface area contributed by atoms with Crippen molar-refractivity contribution < 1.29 is 27.4 Å². The number of hydrogen-bond donors (Lipinski definition) is 0. The van der Waals surface area contributed by atoms with Gasteiger partial charge in [0.15, 0.2) is 11.5 Å². The summed E-state index contributed by atoms with van der Waals surface area (Å²) in [6, 6.07) is 4.79. The summed E-state index contributed by atoms with van der Waals surface area (Å²) in [7, 11) is -2.01. The van der Waals surface area contributed by atoms with E-state index >= 15 is 0 Å². The summed E-state index contributed by atoms with van der Waals surface area (Å²) in [6.45, 7) is 4.06. The van der Waals surface area contributed by atoms with Gasteiger partial charge in [0.25, 0.3) is 0 Å². The Morgan fingerprint density at radius 1 is 1.06 bits per heavy atom. The van der Waals surface area contributed by atoms with Crippen molar-refractivity contribution in [3.8, 4) is 11.5 Å². The third-order valence-corrected chi connectivity index (χ3v) is 8.38. The molecule has 1 amide bonds. The lowest BCUT2D eigenvalue weighted by atomic mass is 10.0. The zero-order chi connectivity index (χ0) is 24.0. The number of sulfonamides is 1. The van der Waals surface area contributed by atoms with Crippen LogP contribution in [0.3, 0.4) is 0 Å². The van der Waals surface area contributed by atoms with Crippen LogP contribution >= 0.6 is 0 Å². The van der Waals surface area contributed by atoms with Gasteiger partial charge in [0.1, 0.15) is 0 Å². The third-order valence-electron chi connectivity index (χ3n) is 6.48. The molecule has 0 unspecified atom stereocenters. The lowest BCUT2D eigenvalue weighted by Gasteiger charge is -2.35. The van der Waals surface area contributed by atoms with E-state index in [9.17, 15) is 13.2 Å². The molecule has 0 atom stereocenters. The SMILES string of the molecule is COCCN(C(=O)CN1CCN(S(=O)(=O)c2ccc3c(c2)OCCCO3)CC1)C1=CCCCC1. The normalized spacial score (nSPS) is 19.9. The molecule has 0 saturated carbocycles. The topological polar surface area (TPSA) is 88.6 Å². The lowest BCUT2D eigenvalue weighted by molar-refractivity contribution is -0.131. The third kappa shape index (κ3) is 5.91. The first-order chi connectivity index (χ1) is 16.5. The van der Waals surface area contributed by atoms with Crippen LogP contribution in [-0.2, 0) is 19.6 Å². The fraction of sp³-hybridized carbons (Fsp3) is 0.625. The summed E-state index contributed by atoms with van der Waals surface area (Å²) in [5.74, 6) is 1.09. The predicted molar refractivity (Wildman–Crippen MR) is 127 cm³/mol. The van der Waals surface area contributed by atoms with E-state index in [2.05, 4.69) is 6.08 Å². The minimum atomic E-state index is -3.65. The molecule has 1 aromatic carbocycles. The minimum absolute atomic E-state index is 0.0457. The molecule has 2 heterocycles. The number of hydrogen-bond acceptors (Lipinski definition) is 7. The second-order valence-corrected chi connectivity index (χ2v) is 10.8. The molecule has 2 aliphatic heterocycles. The molecular formula is C24H35N3O6S. The van der Waals surface area contributed by atoms with Gasteiger partial charge in [0.05, 0.1) is 31.3 Å². The molecule has 1 aromatic rings. The Bertz CT molecular complexity index is 988. The molecule has 1 fully saturated rings. The Morgan fingerprint density at radius 2 is 1.82 bits per heavy atom. The molecule has 0 radical (unpaired) electrons. The van der Waals surface area contributed by atoms with Crippen molar-refractivity contribution in [2.75, 3.05) is 66.2 Å². The minimum Gasteiger partial charge on any atom is -0.490 e. The fourth-order valence-electron chi connectivity index (χ4n) is 4.54. The number of rotatable bonds is 8. The standard InChI is InChI=1S/C24H35N3O6S/c1-31-17-14-27(20-6-3-2-4-7-20)24(28)19-25-10-12-26(13-11-25)34(29,30)21-8-9-22-23(18-21)33-16-5-15-32-22/h6,8-9,18H,2-5,7,10-17,19H2,1H3. The number of allylic oxidation sites excluding steroid dienone is 2. The summed E-state index contributed by atoms with van der Waals surface area (Å²) in [4.78, 5) is 17.2. The first-order valence-electron chi connectivity index (χ1n) is 12.1. The number of fused-ring (bicyclic) bond motifs is 1. The highest BCUT2D eigenvalue weighted by atomic mass is 32.2. The van der Waals surface area contributed by atoms with Crippen LogP contribution in [0.1, 0.15) is 32.1 Å². The smallest absolute Gasteiger partial charge is 0.243 e. The lowest BCUT2D eigenvalue weighted by Crippen LogP contribution is -2.51. The highest BCUT2D eigenvalue weighted by Crippen LogP contribution is 2.33. The quantitative estimate of drug-likeness (QED) is 0.548. The number of methoxy groups -OCH3 is 1. The number of carbonyl (C=O) groups is 1. The van der Waals surface area contributed by atoms with Crippen LogP contribution in [0, 0.1) is 0 Å². The monoisotopic (exact) mass is 493 g/mol. The number of carbonyl (C=O) groups excluding carboxylic acids is 1. The summed E-state index contributed by atoms with van der Waals surface area (Å²) >= 11 is 0. The van der Waals surface area contributed by atoms with Gasteiger partial charge in [0.2, 0.25) is 15.9 Å². The van der Waals surface area contributed by atoms with Crippen molar-refractivity contribution in [3.63, 3.8) is 0 Å². The second-order valence-electron chi connectivity index (χ2n) is 8.82. The Hall–Kier alpha value is -2.14. The van der Waals surface area contributed by atoms with Crippen molar-refractivity contribution in [3.05, 3.63) is 30.0 Å². The van der Waals surface area contributed by atoms with Gasteiger partial charge >= 0.3 is 0 Å². The highest BCUT2D eigenvalue weighted by molar-refractivity contribution is 7.89. The molecule has 0 aromatic heterocycles. The molecule has 0 spiro atoms. The van der Waals surface area contributed by atoms with Crippen molar-refractivity contribution in [2.24, 2.45) is 0 Å². The fourth-order valence-corrected chi connectivity index (χ4v) is 5.97.